The first kappa shape index (κ1) is 18.0. The molecule has 0 saturated carbocycles. The third kappa shape index (κ3) is 3.41. The monoisotopic (exact) mass is 356 g/mol. The average molecular weight is 357 g/mol. The zero-order valence-corrected chi connectivity index (χ0v) is 16.2. The van der Waals surface area contributed by atoms with Crippen LogP contribution in [-0.2, 0) is 16.1 Å². The first-order chi connectivity index (χ1) is 12.7. The van der Waals surface area contributed by atoms with Gasteiger partial charge < -0.3 is 4.74 Å². The molecule has 4 heteroatoms. The summed E-state index contributed by atoms with van der Waals surface area (Å²) in [4.78, 5) is 17.5. The Morgan fingerprint density at radius 2 is 1.96 bits per heavy atom. The van der Waals surface area contributed by atoms with Gasteiger partial charge >= 0.3 is 5.97 Å². The number of hydrogen-bond donors (Lipinski definition) is 0. The fraction of sp³-hybridized carbons (Fsp3) is 0.682. The van der Waals surface area contributed by atoms with Crippen LogP contribution in [0.15, 0.2) is 24.3 Å². The Kier molecular flexibility index (Phi) is 5.32. The van der Waals surface area contributed by atoms with Crippen LogP contribution in [0.25, 0.3) is 0 Å². The predicted octanol–water partition coefficient (Wildman–Crippen LogP) is 3.23. The molecule has 0 radical (unpaired) electrons. The number of carbonyl (C=O) groups is 1. The number of ether oxygens (including phenoxy) is 1. The van der Waals surface area contributed by atoms with Crippen LogP contribution in [0.4, 0.5) is 0 Å². The molecule has 1 aromatic rings. The van der Waals surface area contributed by atoms with Gasteiger partial charge in [-0.05, 0) is 68.7 Å². The predicted molar refractivity (Wildman–Crippen MR) is 103 cm³/mol. The van der Waals surface area contributed by atoms with E-state index in [1.165, 1.54) is 57.0 Å². The van der Waals surface area contributed by atoms with E-state index < -0.39 is 0 Å². The minimum absolute atomic E-state index is 0.0591. The number of nitrogens with zero attached hydrogens (tertiary/aromatic N) is 2. The van der Waals surface area contributed by atoms with E-state index in [0.29, 0.717) is 24.4 Å². The molecule has 4 rings (SSSR count). The Bertz CT molecular complexity index is 645. The Balaban J connectivity index is 1.62. The standard InChI is InChI=1S/C22H32N2O2/c1-16-7-3-4-8-17(16)14-24-15-18-9-5-11-23-12-6-10-19(22(18)23)20(24)13-21(25)26-2/h3-4,7-8,18-20,22H,5-6,9-15H2,1-2H3/t18-,19+,20+,22-/m0/s1. The molecule has 3 fully saturated rings. The van der Waals surface area contributed by atoms with Crippen molar-refractivity contribution in [3.8, 4) is 0 Å². The SMILES string of the molecule is COC(=O)C[C@@H]1[C@H]2CCCN3CCC[C@@H](CN1Cc1ccccc1C)[C@@H]23. The molecule has 4 nitrogen and oxygen atoms in total. The second kappa shape index (κ2) is 7.69. The summed E-state index contributed by atoms with van der Waals surface area (Å²) in [6, 6.07) is 9.67. The summed E-state index contributed by atoms with van der Waals surface area (Å²) in [5, 5.41) is 0. The molecule has 142 valence electrons. The van der Waals surface area contributed by atoms with Crippen LogP contribution in [0.3, 0.4) is 0 Å². The number of methoxy groups -OCH3 is 1. The Labute approximate surface area is 157 Å². The van der Waals surface area contributed by atoms with Crippen molar-refractivity contribution >= 4 is 5.97 Å². The largest absolute Gasteiger partial charge is 0.469 e. The Morgan fingerprint density at radius 3 is 2.73 bits per heavy atom. The van der Waals surface area contributed by atoms with Crippen molar-refractivity contribution in [3.63, 3.8) is 0 Å². The zero-order valence-electron chi connectivity index (χ0n) is 16.2. The molecule has 3 heterocycles. The van der Waals surface area contributed by atoms with Gasteiger partial charge in [0.1, 0.15) is 0 Å². The number of hydrogen-bond acceptors (Lipinski definition) is 4. The lowest BCUT2D eigenvalue weighted by Gasteiger charge is -2.57. The Morgan fingerprint density at radius 1 is 1.19 bits per heavy atom. The number of likely N-dealkylation sites (tertiary alicyclic amines) is 1. The third-order valence-electron chi connectivity index (χ3n) is 7.02. The number of esters is 1. The highest BCUT2D eigenvalue weighted by molar-refractivity contribution is 5.70. The molecule has 1 aromatic carbocycles. The van der Waals surface area contributed by atoms with Gasteiger partial charge in [-0.2, -0.15) is 0 Å². The molecule has 0 bridgehead atoms. The Hall–Kier alpha value is -1.39. The summed E-state index contributed by atoms with van der Waals surface area (Å²) >= 11 is 0. The van der Waals surface area contributed by atoms with Crippen molar-refractivity contribution in [1.82, 2.24) is 9.80 Å². The van der Waals surface area contributed by atoms with Crippen molar-refractivity contribution in [2.24, 2.45) is 11.8 Å². The molecule has 3 aliphatic heterocycles. The van der Waals surface area contributed by atoms with Crippen LogP contribution in [0, 0.1) is 18.8 Å². The first-order valence-corrected chi connectivity index (χ1v) is 10.3. The molecule has 0 spiro atoms. The van der Waals surface area contributed by atoms with Gasteiger partial charge in [-0.3, -0.25) is 14.6 Å². The van der Waals surface area contributed by atoms with E-state index in [-0.39, 0.29) is 5.97 Å². The van der Waals surface area contributed by atoms with Crippen LogP contribution in [0.2, 0.25) is 0 Å². The summed E-state index contributed by atoms with van der Waals surface area (Å²) in [5.41, 5.74) is 2.74. The lowest BCUT2D eigenvalue weighted by Crippen LogP contribution is -2.64. The fourth-order valence-corrected chi connectivity index (χ4v) is 5.81. The van der Waals surface area contributed by atoms with Crippen molar-refractivity contribution in [1.29, 1.82) is 0 Å². The van der Waals surface area contributed by atoms with Gasteiger partial charge in [-0.25, -0.2) is 0 Å². The molecule has 0 amide bonds. The van der Waals surface area contributed by atoms with Gasteiger partial charge in [0.2, 0.25) is 0 Å². The molecular weight excluding hydrogens is 324 g/mol. The number of carbonyl (C=O) groups excluding carboxylic acids is 1. The lowest BCUT2D eigenvalue weighted by atomic mass is 9.69. The molecule has 4 atom stereocenters. The van der Waals surface area contributed by atoms with Crippen molar-refractivity contribution in [3.05, 3.63) is 35.4 Å². The van der Waals surface area contributed by atoms with Crippen LogP contribution in [-0.4, -0.2) is 54.6 Å². The van der Waals surface area contributed by atoms with E-state index >= 15 is 0 Å². The third-order valence-corrected chi connectivity index (χ3v) is 7.02. The molecule has 0 aromatic heterocycles. The van der Waals surface area contributed by atoms with E-state index in [1.807, 2.05) is 0 Å². The van der Waals surface area contributed by atoms with Crippen LogP contribution >= 0.6 is 0 Å². The van der Waals surface area contributed by atoms with Crippen molar-refractivity contribution < 1.29 is 9.53 Å². The maximum absolute atomic E-state index is 12.2. The maximum atomic E-state index is 12.2. The lowest BCUT2D eigenvalue weighted by molar-refractivity contribution is -0.146. The second-order valence-corrected chi connectivity index (χ2v) is 8.44. The number of aryl methyl sites for hydroxylation is 1. The molecule has 0 aliphatic carbocycles. The van der Waals surface area contributed by atoms with Gasteiger partial charge in [-0.15, -0.1) is 0 Å². The number of rotatable bonds is 4. The van der Waals surface area contributed by atoms with E-state index in [1.54, 1.807) is 0 Å². The smallest absolute Gasteiger partial charge is 0.307 e. The maximum Gasteiger partial charge on any atom is 0.307 e. The number of benzene rings is 1. The summed E-state index contributed by atoms with van der Waals surface area (Å²) < 4.78 is 5.07. The summed E-state index contributed by atoms with van der Waals surface area (Å²) in [7, 11) is 1.52. The summed E-state index contributed by atoms with van der Waals surface area (Å²) in [5.74, 6) is 1.30. The van der Waals surface area contributed by atoms with E-state index in [2.05, 4.69) is 41.0 Å². The summed E-state index contributed by atoms with van der Waals surface area (Å²) in [6.45, 7) is 6.77. The minimum atomic E-state index is -0.0591. The van der Waals surface area contributed by atoms with Crippen molar-refractivity contribution in [2.75, 3.05) is 26.7 Å². The van der Waals surface area contributed by atoms with Gasteiger partial charge in [-0.1, -0.05) is 24.3 Å². The zero-order chi connectivity index (χ0) is 18.1. The molecular formula is C22H32N2O2. The fourth-order valence-electron chi connectivity index (χ4n) is 5.81. The molecule has 3 saturated heterocycles. The molecule has 26 heavy (non-hydrogen) atoms. The number of piperidine rings is 3. The highest BCUT2D eigenvalue weighted by Crippen LogP contribution is 2.43. The molecule has 3 aliphatic rings. The van der Waals surface area contributed by atoms with Crippen LogP contribution < -0.4 is 0 Å². The normalized spacial score (nSPS) is 32.1. The van der Waals surface area contributed by atoms with Gasteiger partial charge in [0.05, 0.1) is 13.5 Å². The second-order valence-electron chi connectivity index (χ2n) is 8.44. The van der Waals surface area contributed by atoms with Crippen molar-refractivity contribution in [2.45, 2.75) is 57.7 Å². The van der Waals surface area contributed by atoms with Gasteiger partial charge in [0, 0.05) is 25.2 Å². The molecule has 0 N–H and O–H groups in total. The van der Waals surface area contributed by atoms with Crippen LogP contribution in [0.5, 0.6) is 0 Å². The van der Waals surface area contributed by atoms with E-state index in [0.717, 1.165) is 19.0 Å². The summed E-state index contributed by atoms with van der Waals surface area (Å²) in [6.07, 6.45) is 5.72. The highest BCUT2D eigenvalue weighted by atomic mass is 16.5. The quantitative estimate of drug-likeness (QED) is 0.776. The van der Waals surface area contributed by atoms with Gasteiger partial charge in [0.15, 0.2) is 0 Å². The average Bonchev–Trinajstić information content (AvgIpc) is 2.66. The molecule has 0 unspecified atom stereocenters. The van der Waals surface area contributed by atoms with E-state index in [9.17, 15) is 4.79 Å². The van der Waals surface area contributed by atoms with Crippen LogP contribution in [0.1, 0.15) is 43.2 Å². The topological polar surface area (TPSA) is 32.8 Å². The first-order valence-electron chi connectivity index (χ1n) is 10.3. The van der Waals surface area contributed by atoms with Gasteiger partial charge in [0.25, 0.3) is 0 Å². The van der Waals surface area contributed by atoms with E-state index in [4.69, 9.17) is 4.74 Å². The highest BCUT2D eigenvalue weighted by Gasteiger charge is 2.48. The minimum Gasteiger partial charge on any atom is -0.469 e.